The summed E-state index contributed by atoms with van der Waals surface area (Å²) in [6.45, 7) is 3.29. The van der Waals surface area contributed by atoms with E-state index in [1.807, 2.05) is 4.90 Å². The molecule has 0 aromatic heterocycles. The number of nitrogens with two attached hydrogens (primary N) is 1. The second-order valence-corrected chi connectivity index (χ2v) is 4.53. The fraction of sp³-hybridized carbons (Fsp3) is 0.462. The van der Waals surface area contributed by atoms with Gasteiger partial charge in [0.2, 0.25) is 5.91 Å². The number of benzene rings is 1. The molecule has 1 aliphatic heterocycles. The van der Waals surface area contributed by atoms with Crippen LogP contribution < -0.4 is 11.1 Å². The maximum atomic E-state index is 13.0. The van der Waals surface area contributed by atoms with E-state index >= 15 is 0 Å². The molecule has 1 heterocycles. The van der Waals surface area contributed by atoms with Crippen molar-refractivity contribution < 1.29 is 13.9 Å². The van der Waals surface area contributed by atoms with E-state index in [0.29, 0.717) is 18.8 Å². The average molecular weight is 267 g/mol. The molecule has 104 valence electrons. The lowest BCUT2D eigenvalue weighted by Gasteiger charge is -2.18. The number of anilines is 2. The van der Waals surface area contributed by atoms with Gasteiger partial charge in [-0.1, -0.05) is 0 Å². The molecule has 5 nitrogen and oxygen atoms in total. The van der Waals surface area contributed by atoms with Gasteiger partial charge in [-0.3, -0.25) is 9.69 Å². The van der Waals surface area contributed by atoms with Crippen molar-refractivity contribution >= 4 is 17.3 Å². The monoisotopic (exact) mass is 267 g/mol. The van der Waals surface area contributed by atoms with Gasteiger partial charge in [0.05, 0.1) is 18.8 Å². The number of hydrogen-bond donors (Lipinski definition) is 2. The number of nitrogens with zero attached hydrogens (tertiary/aromatic N) is 1. The average Bonchev–Trinajstić information content (AvgIpc) is 2.62. The van der Waals surface area contributed by atoms with Crippen LogP contribution in [0.1, 0.15) is 6.42 Å². The van der Waals surface area contributed by atoms with Crippen LogP contribution in [0.2, 0.25) is 0 Å². The minimum Gasteiger partial charge on any atom is -0.396 e. The van der Waals surface area contributed by atoms with E-state index in [4.69, 9.17) is 10.5 Å². The predicted molar refractivity (Wildman–Crippen MR) is 71.3 cm³/mol. The van der Waals surface area contributed by atoms with Gasteiger partial charge < -0.3 is 15.8 Å². The summed E-state index contributed by atoms with van der Waals surface area (Å²) in [5.41, 5.74) is 5.99. The fourth-order valence-electron chi connectivity index (χ4n) is 1.98. The maximum absolute atomic E-state index is 13.0. The van der Waals surface area contributed by atoms with Crippen LogP contribution in [0.25, 0.3) is 0 Å². The number of rotatable bonds is 3. The first kappa shape index (κ1) is 13.8. The Kier molecular flexibility index (Phi) is 4.70. The van der Waals surface area contributed by atoms with Crippen LogP contribution >= 0.6 is 0 Å². The van der Waals surface area contributed by atoms with Crippen molar-refractivity contribution in [1.82, 2.24) is 4.90 Å². The summed E-state index contributed by atoms with van der Waals surface area (Å²) in [7, 11) is 0. The number of nitrogens with one attached hydrogen (secondary N) is 1. The molecule has 1 fully saturated rings. The zero-order valence-electron chi connectivity index (χ0n) is 10.7. The summed E-state index contributed by atoms with van der Waals surface area (Å²) in [6, 6.07) is 4.15. The Morgan fingerprint density at radius 1 is 1.42 bits per heavy atom. The van der Waals surface area contributed by atoms with Crippen molar-refractivity contribution in [2.75, 3.05) is 43.9 Å². The Bertz CT molecular complexity index is 446. The normalized spacial score (nSPS) is 16.9. The Morgan fingerprint density at radius 2 is 2.26 bits per heavy atom. The lowest BCUT2D eigenvalue weighted by Crippen LogP contribution is -2.34. The molecule has 1 amide bonds. The van der Waals surface area contributed by atoms with Gasteiger partial charge in [0.1, 0.15) is 5.82 Å². The number of halogens is 1. The van der Waals surface area contributed by atoms with Crippen molar-refractivity contribution in [2.45, 2.75) is 6.42 Å². The Labute approximate surface area is 111 Å². The van der Waals surface area contributed by atoms with E-state index < -0.39 is 5.82 Å². The van der Waals surface area contributed by atoms with Crippen molar-refractivity contribution in [3.05, 3.63) is 24.0 Å². The Morgan fingerprint density at radius 3 is 3.05 bits per heavy atom. The predicted octanol–water partition coefficient (Wildman–Crippen LogP) is 1.07. The molecular weight excluding hydrogens is 249 g/mol. The van der Waals surface area contributed by atoms with Crippen molar-refractivity contribution in [3.8, 4) is 0 Å². The minimum absolute atomic E-state index is 0.0287. The summed E-state index contributed by atoms with van der Waals surface area (Å²) in [4.78, 5) is 13.9. The molecular formula is C13H18FN3O2. The highest BCUT2D eigenvalue weighted by Crippen LogP contribution is 2.16. The molecule has 0 saturated carbocycles. The molecule has 0 unspecified atom stereocenters. The van der Waals surface area contributed by atoms with Crippen LogP contribution in [-0.4, -0.2) is 43.7 Å². The molecule has 1 aromatic carbocycles. The number of nitrogen functional groups attached to an aromatic ring is 1. The molecule has 0 radical (unpaired) electrons. The van der Waals surface area contributed by atoms with E-state index in [1.165, 1.54) is 18.2 Å². The summed E-state index contributed by atoms with van der Waals surface area (Å²) in [5.74, 6) is -0.615. The number of amides is 1. The molecule has 1 aromatic rings. The van der Waals surface area contributed by atoms with Gasteiger partial charge >= 0.3 is 0 Å². The lowest BCUT2D eigenvalue weighted by atomic mass is 10.2. The van der Waals surface area contributed by atoms with Gasteiger partial charge in [0.25, 0.3) is 0 Å². The number of ether oxygens (including phenoxy) is 1. The SMILES string of the molecule is Nc1cc(NC(=O)CN2CCCOCC2)ccc1F. The van der Waals surface area contributed by atoms with E-state index in [2.05, 4.69) is 5.32 Å². The minimum atomic E-state index is -0.484. The van der Waals surface area contributed by atoms with E-state index in [9.17, 15) is 9.18 Å². The van der Waals surface area contributed by atoms with E-state index in [-0.39, 0.29) is 11.6 Å². The number of hydrogen-bond acceptors (Lipinski definition) is 4. The molecule has 0 spiro atoms. The van der Waals surface area contributed by atoms with Crippen LogP contribution in [-0.2, 0) is 9.53 Å². The van der Waals surface area contributed by atoms with Crippen molar-refractivity contribution in [2.24, 2.45) is 0 Å². The first-order valence-corrected chi connectivity index (χ1v) is 6.30. The summed E-state index contributed by atoms with van der Waals surface area (Å²) < 4.78 is 18.3. The molecule has 0 atom stereocenters. The molecule has 19 heavy (non-hydrogen) atoms. The van der Waals surface area contributed by atoms with Crippen LogP contribution in [0.3, 0.4) is 0 Å². The van der Waals surface area contributed by atoms with Crippen LogP contribution in [0.5, 0.6) is 0 Å². The second kappa shape index (κ2) is 6.49. The smallest absolute Gasteiger partial charge is 0.238 e. The fourth-order valence-corrected chi connectivity index (χ4v) is 1.98. The summed E-state index contributed by atoms with van der Waals surface area (Å²) >= 11 is 0. The Hall–Kier alpha value is -1.66. The third-order valence-electron chi connectivity index (χ3n) is 2.96. The van der Waals surface area contributed by atoms with E-state index in [1.54, 1.807) is 0 Å². The number of carbonyl (C=O) groups excluding carboxylic acids is 1. The van der Waals surface area contributed by atoms with E-state index in [0.717, 1.165) is 26.1 Å². The van der Waals surface area contributed by atoms with Crippen LogP contribution in [0, 0.1) is 5.82 Å². The quantitative estimate of drug-likeness (QED) is 0.804. The topological polar surface area (TPSA) is 67.6 Å². The zero-order chi connectivity index (χ0) is 13.7. The largest absolute Gasteiger partial charge is 0.396 e. The Balaban J connectivity index is 1.87. The molecule has 0 aliphatic carbocycles. The summed E-state index contributed by atoms with van der Waals surface area (Å²) in [6.07, 6.45) is 0.927. The van der Waals surface area contributed by atoms with Gasteiger partial charge in [-0.05, 0) is 24.6 Å². The highest BCUT2D eigenvalue weighted by atomic mass is 19.1. The second-order valence-electron chi connectivity index (χ2n) is 4.53. The third-order valence-corrected chi connectivity index (χ3v) is 2.96. The molecule has 1 saturated heterocycles. The standard InChI is InChI=1S/C13H18FN3O2/c14-11-3-2-10(8-12(11)15)16-13(18)9-17-4-1-6-19-7-5-17/h2-3,8H,1,4-7,9,15H2,(H,16,18). The molecule has 3 N–H and O–H groups in total. The van der Waals surface area contributed by atoms with Gasteiger partial charge in [0, 0.05) is 25.4 Å². The lowest BCUT2D eigenvalue weighted by molar-refractivity contribution is -0.117. The van der Waals surface area contributed by atoms with Gasteiger partial charge in [0.15, 0.2) is 0 Å². The van der Waals surface area contributed by atoms with Crippen molar-refractivity contribution in [3.63, 3.8) is 0 Å². The first-order valence-electron chi connectivity index (χ1n) is 6.30. The zero-order valence-corrected chi connectivity index (χ0v) is 10.7. The molecule has 6 heteroatoms. The number of carbonyl (C=O) groups is 1. The molecule has 2 rings (SSSR count). The first-order chi connectivity index (χ1) is 9.15. The van der Waals surface area contributed by atoms with Crippen molar-refractivity contribution in [1.29, 1.82) is 0 Å². The third kappa shape index (κ3) is 4.18. The molecule has 0 bridgehead atoms. The van der Waals surface area contributed by atoms with Gasteiger partial charge in [-0.25, -0.2) is 4.39 Å². The van der Waals surface area contributed by atoms with Gasteiger partial charge in [-0.2, -0.15) is 0 Å². The molecule has 1 aliphatic rings. The van der Waals surface area contributed by atoms with Crippen LogP contribution in [0.15, 0.2) is 18.2 Å². The highest BCUT2D eigenvalue weighted by Gasteiger charge is 2.13. The van der Waals surface area contributed by atoms with Gasteiger partial charge in [-0.15, -0.1) is 0 Å². The highest BCUT2D eigenvalue weighted by molar-refractivity contribution is 5.92. The van der Waals surface area contributed by atoms with Crippen LogP contribution in [0.4, 0.5) is 15.8 Å². The summed E-state index contributed by atoms with van der Waals surface area (Å²) in [5, 5.41) is 2.71. The maximum Gasteiger partial charge on any atom is 0.238 e.